The molecule has 1 amide bonds. The Kier molecular flexibility index (Phi) is 16.1. The molecule has 0 saturated carbocycles. The smallest absolute Gasteiger partial charge is 0.744 e. The van der Waals surface area contributed by atoms with Gasteiger partial charge in [0.15, 0.2) is 5.71 Å². The van der Waals surface area contributed by atoms with Crippen LogP contribution >= 0.6 is 0 Å². The SMILES string of the molecule is CCOC(=O)C1=NN(c2ccc(S(=O)(=O)[O-])cc2)C(=O)C1=CC=CC=Cc1c(OC(=O)CC)[nH]n(-c2ccc(S(=O)(=O)[O-])cc2)c1=O.[K+].[K+]. The van der Waals surface area contributed by atoms with Gasteiger partial charge >= 0.3 is 115 Å². The quantitative estimate of drug-likeness (QED) is 0.0643. The van der Waals surface area contributed by atoms with Gasteiger partial charge in [0.1, 0.15) is 25.8 Å². The Morgan fingerprint density at radius 2 is 1.41 bits per heavy atom. The van der Waals surface area contributed by atoms with Crippen LogP contribution in [-0.2, 0) is 39.4 Å². The first-order chi connectivity index (χ1) is 22.1. The summed E-state index contributed by atoms with van der Waals surface area (Å²) in [5.41, 5.74) is -1.12. The number of carbonyl (C=O) groups excluding carboxylic acids is 3. The monoisotopic (exact) mass is 762 g/mol. The van der Waals surface area contributed by atoms with E-state index in [1.165, 1.54) is 61.6 Å². The molecular formula is C29H24K2N4O12S2. The summed E-state index contributed by atoms with van der Waals surface area (Å²) in [6.07, 6.45) is 6.61. The molecule has 0 fully saturated rings. The van der Waals surface area contributed by atoms with E-state index in [0.29, 0.717) is 0 Å². The zero-order valence-corrected chi connectivity index (χ0v) is 34.4. The molecule has 49 heavy (non-hydrogen) atoms. The Balaban J connectivity index is 0.00000417. The first-order valence-electron chi connectivity index (χ1n) is 13.5. The number of carbonyl (C=O) groups is 3. The third kappa shape index (κ3) is 10.7. The molecule has 0 aliphatic carbocycles. The van der Waals surface area contributed by atoms with Crippen molar-refractivity contribution in [2.24, 2.45) is 5.10 Å². The van der Waals surface area contributed by atoms with Gasteiger partial charge in [0.25, 0.3) is 11.5 Å². The molecule has 0 spiro atoms. The van der Waals surface area contributed by atoms with E-state index in [1.54, 1.807) is 6.92 Å². The molecule has 1 N–H and O–H groups in total. The van der Waals surface area contributed by atoms with Gasteiger partial charge in [0.05, 0.1) is 33.3 Å². The maximum absolute atomic E-state index is 13.2. The molecule has 0 saturated heterocycles. The molecule has 0 unspecified atom stereocenters. The van der Waals surface area contributed by atoms with E-state index < -0.39 is 53.4 Å². The van der Waals surface area contributed by atoms with Crippen LogP contribution in [0, 0.1) is 0 Å². The Morgan fingerprint density at radius 3 is 1.92 bits per heavy atom. The van der Waals surface area contributed by atoms with Gasteiger partial charge in [-0.15, -0.1) is 0 Å². The van der Waals surface area contributed by atoms with Crippen molar-refractivity contribution in [2.45, 2.75) is 30.1 Å². The van der Waals surface area contributed by atoms with Gasteiger partial charge in [-0.3, -0.25) is 19.5 Å². The van der Waals surface area contributed by atoms with Gasteiger partial charge in [-0.05, 0) is 67.6 Å². The van der Waals surface area contributed by atoms with Crippen LogP contribution in [0.4, 0.5) is 5.69 Å². The average molecular weight is 763 g/mol. The molecule has 1 aromatic heterocycles. The normalized spacial score (nSPS) is 14.1. The predicted octanol–water partition coefficient (Wildman–Crippen LogP) is -4.24. The van der Waals surface area contributed by atoms with Crippen molar-refractivity contribution in [3.05, 3.63) is 94.3 Å². The average Bonchev–Trinajstić information content (AvgIpc) is 3.51. The molecule has 1 aliphatic rings. The van der Waals surface area contributed by atoms with Gasteiger partial charge in [0.2, 0.25) is 5.88 Å². The van der Waals surface area contributed by atoms with Crippen molar-refractivity contribution in [3.63, 3.8) is 0 Å². The zero-order chi connectivity index (χ0) is 34.5. The van der Waals surface area contributed by atoms with E-state index >= 15 is 0 Å². The number of anilines is 1. The number of aromatic amines is 1. The van der Waals surface area contributed by atoms with E-state index in [-0.39, 0.29) is 150 Å². The van der Waals surface area contributed by atoms with Crippen LogP contribution in [-0.4, -0.2) is 65.9 Å². The summed E-state index contributed by atoms with van der Waals surface area (Å²) >= 11 is 0. The number of amides is 1. The molecule has 16 nitrogen and oxygen atoms in total. The van der Waals surface area contributed by atoms with Gasteiger partial charge in [0, 0.05) is 6.42 Å². The van der Waals surface area contributed by atoms with Gasteiger partial charge in [-0.25, -0.2) is 26.3 Å². The third-order valence-corrected chi connectivity index (χ3v) is 7.94. The fourth-order valence-corrected chi connectivity index (χ4v) is 4.94. The Hall–Kier alpha value is -2.16. The molecule has 20 heteroatoms. The van der Waals surface area contributed by atoms with Crippen molar-refractivity contribution in [1.82, 2.24) is 9.78 Å². The maximum atomic E-state index is 13.2. The minimum atomic E-state index is -4.74. The molecular weight excluding hydrogens is 739 g/mol. The summed E-state index contributed by atoms with van der Waals surface area (Å²) < 4.78 is 78.7. The molecule has 0 bridgehead atoms. The first-order valence-corrected chi connectivity index (χ1v) is 16.3. The van der Waals surface area contributed by atoms with Crippen LogP contribution in [0.1, 0.15) is 25.8 Å². The number of hydrogen-bond donors (Lipinski definition) is 1. The van der Waals surface area contributed by atoms with E-state index in [4.69, 9.17) is 9.47 Å². The second-order valence-electron chi connectivity index (χ2n) is 9.33. The summed E-state index contributed by atoms with van der Waals surface area (Å²) in [5.74, 6) is -2.56. The maximum Gasteiger partial charge on any atom is 1.00 e. The van der Waals surface area contributed by atoms with Gasteiger partial charge in [-0.1, -0.05) is 25.2 Å². The number of ether oxygens (including phenoxy) is 2. The molecule has 1 aliphatic heterocycles. The fourth-order valence-electron chi connectivity index (χ4n) is 4.00. The standard InChI is InChI=1S/C29H26N4O12S2.2K/c1-3-24(34)45-26-23(28(36)33(31-26)19-12-16-21(17-13-19)47(41,42)43)9-7-5-6-8-22-25(29(37)44-4-2)30-32(27(22)35)18-10-14-20(15-11-18)46(38,39)40;;/h5-17,31H,3-4H2,1-2H3,(H,38,39,40)(H,41,42,43);;/q;2*+1/p-2. The number of nitrogens with zero attached hydrogens (tertiary/aromatic N) is 3. The van der Waals surface area contributed by atoms with Crippen LogP contribution in [0.25, 0.3) is 11.8 Å². The summed E-state index contributed by atoms with van der Waals surface area (Å²) in [7, 11) is -9.46. The Bertz CT molecular complexity index is 2130. The number of H-pyrrole nitrogens is 1. The van der Waals surface area contributed by atoms with E-state index in [2.05, 4.69) is 10.2 Å². The summed E-state index contributed by atoms with van der Waals surface area (Å²) in [6, 6.07) is 8.76. The molecule has 3 aromatic rings. The second kappa shape index (κ2) is 18.4. The predicted molar refractivity (Wildman–Crippen MR) is 162 cm³/mol. The van der Waals surface area contributed by atoms with Gasteiger partial charge < -0.3 is 18.6 Å². The van der Waals surface area contributed by atoms with Crippen molar-refractivity contribution in [1.29, 1.82) is 0 Å². The van der Waals surface area contributed by atoms with Crippen molar-refractivity contribution < 1.29 is 153 Å². The van der Waals surface area contributed by atoms with Crippen LogP contribution in [0.3, 0.4) is 0 Å². The van der Waals surface area contributed by atoms with Crippen molar-refractivity contribution in [3.8, 4) is 11.6 Å². The number of hydrazone groups is 1. The van der Waals surface area contributed by atoms with E-state index in [9.17, 15) is 45.1 Å². The van der Waals surface area contributed by atoms with Crippen LogP contribution in [0.5, 0.6) is 5.88 Å². The topological polar surface area (TPSA) is 237 Å². The van der Waals surface area contributed by atoms with Crippen LogP contribution in [0.15, 0.2) is 98.1 Å². The van der Waals surface area contributed by atoms with Crippen LogP contribution < -0.4 is 118 Å². The van der Waals surface area contributed by atoms with Gasteiger partial charge in [-0.2, -0.15) is 10.1 Å². The number of aromatic nitrogens is 2. The second-order valence-corrected chi connectivity index (χ2v) is 12.1. The molecule has 2 aromatic carbocycles. The molecule has 246 valence electrons. The molecule has 4 rings (SSSR count). The van der Waals surface area contributed by atoms with Crippen molar-refractivity contribution in [2.75, 3.05) is 11.6 Å². The number of esters is 2. The molecule has 0 atom stereocenters. The van der Waals surface area contributed by atoms with E-state index in [1.807, 2.05) is 0 Å². The summed E-state index contributed by atoms with van der Waals surface area (Å²) in [5, 5.41) is 7.47. The summed E-state index contributed by atoms with van der Waals surface area (Å²) in [4.78, 5) is 49.9. The zero-order valence-electron chi connectivity index (χ0n) is 26.5. The third-order valence-electron chi connectivity index (χ3n) is 6.24. The molecule has 0 radical (unpaired) electrons. The molecule has 2 heterocycles. The van der Waals surface area contributed by atoms with Crippen molar-refractivity contribution >= 4 is 55.6 Å². The largest absolute Gasteiger partial charge is 1.00 e. The first kappa shape index (κ1) is 43.0. The minimum absolute atomic E-state index is 0. The number of hydrogen-bond acceptors (Lipinski definition) is 13. The number of rotatable bonds is 11. The number of allylic oxidation sites excluding steroid dienone is 4. The fraction of sp³-hybridized carbons (Fsp3) is 0.138. The minimum Gasteiger partial charge on any atom is -0.744 e. The van der Waals surface area contributed by atoms with E-state index in [0.717, 1.165) is 34.0 Å². The van der Waals surface area contributed by atoms with Crippen LogP contribution in [0.2, 0.25) is 0 Å². The summed E-state index contributed by atoms with van der Waals surface area (Å²) in [6.45, 7) is 3.07. The Labute approximate surface area is 365 Å². The number of nitrogens with one attached hydrogen (secondary N) is 1. The number of benzene rings is 2. The Morgan fingerprint density at radius 1 is 0.857 bits per heavy atom.